The second-order valence-corrected chi connectivity index (χ2v) is 5.31. The van der Waals surface area contributed by atoms with E-state index in [1.807, 2.05) is 0 Å². The van der Waals surface area contributed by atoms with E-state index in [2.05, 4.69) is 23.7 Å². The van der Waals surface area contributed by atoms with Gasteiger partial charge < -0.3 is 9.47 Å². The van der Waals surface area contributed by atoms with Crippen molar-refractivity contribution in [1.29, 1.82) is 0 Å². The van der Waals surface area contributed by atoms with E-state index in [1.54, 1.807) is 45.0 Å². The van der Waals surface area contributed by atoms with Gasteiger partial charge in [-0.2, -0.15) is 0 Å². The molecule has 0 atom stereocenters. The predicted molar refractivity (Wildman–Crippen MR) is 97.1 cm³/mol. The van der Waals surface area contributed by atoms with Crippen LogP contribution in [0.3, 0.4) is 0 Å². The van der Waals surface area contributed by atoms with Gasteiger partial charge >= 0.3 is 11.9 Å². The average Bonchev–Trinajstić information content (AvgIpc) is 2.65. The minimum Gasteiger partial charge on any atom is -0.465 e. The van der Waals surface area contributed by atoms with Gasteiger partial charge in [0.05, 0.1) is 13.2 Å². The van der Waals surface area contributed by atoms with Gasteiger partial charge in [-0.15, -0.1) is 11.8 Å². The summed E-state index contributed by atoms with van der Waals surface area (Å²) in [7, 11) is 0. The number of esters is 2. The summed E-state index contributed by atoms with van der Waals surface area (Å²) in [6.45, 7) is 5.19. The summed E-state index contributed by atoms with van der Waals surface area (Å²) in [6.07, 6.45) is 0.536. The lowest BCUT2D eigenvalue weighted by molar-refractivity contribution is -0.171. The smallest absolute Gasteiger partial charge is 0.325 e. The third kappa shape index (κ3) is 5.22. The molecule has 136 valence electrons. The van der Waals surface area contributed by atoms with Gasteiger partial charge in [0, 0.05) is 24.0 Å². The molecule has 1 aromatic rings. The molecule has 0 bridgehead atoms. The molecule has 0 N–H and O–H groups in total. The van der Waals surface area contributed by atoms with Crippen LogP contribution in [-0.2, 0) is 19.1 Å². The zero-order valence-corrected chi connectivity index (χ0v) is 15.3. The minimum atomic E-state index is -1.61. The Morgan fingerprint density at radius 2 is 1.62 bits per heavy atom. The monoisotopic (exact) mass is 354 g/mol. The van der Waals surface area contributed by atoms with E-state index in [-0.39, 0.29) is 26.1 Å². The molecule has 0 fully saturated rings. The van der Waals surface area contributed by atoms with E-state index in [0.717, 1.165) is 0 Å². The Kier molecular flexibility index (Phi) is 8.67. The van der Waals surface area contributed by atoms with Gasteiger partial charge in [0.1, 0.15) is 0 Å². The number of rotatable bonds is 7. The van der Waals surface area contributed by atoms with Crippen LogP contribution in [0.1, 0.15) is 49.5 Å². The molecule has 5 nitrogen and oxygen atoms in total. The lowest BCUT2D eigenvalue weighted by Crippen LogP contribution is -2.41. The number of carbonyl (C=O) groups is 3. The van der Waals surface area contributed by atoms with Crippen molar-refractivity contribution in [3.8, 4) is 23.7 Å². The third-order valence-electron chi connectivity index (χ3n) is 3.60. The first-order valence-corrected chi connectivity index (χ1v) is 8.32. The van der Waals surface area contributed by atoms with Crippen LogP contribution in [0.2, 0.25) is 0 Å². The fourth-order valence-corrected chi connectivity index (χ4v) is 2.22. The van der Waals surface area contributed by atoms with Crippen LogP contribution >= 0.6 is 0 Å². The lowest BCUT2D eigenvalue weighted by atomic mass is 9.81. The third-order valence-corrected chi connectivity index (χ3v) is 3.60. The van der Waals surface area contributed by atoms with E-state index in [4.69, 9.17) is 9.47 Å². The highest BCUT2D eigenvalue weighted by atomic mass is 16.6. The number of hydrogen-bond acceptors (Lipinski definition) is 5. The number of hydrogen-bond donors (Lipinski definition) is 0. The fraction of sp³-hybridized carbons (Fsp3) is 0.381. The molecule has 5 heteroatoms. The number of ether oxygens (including phenoxy) is 2. The molecular weight excluding hydrogens is 332 g/mol. The van der Waals surface area contributed by atoms with Crippen LogP contribution < -0.4 is 0 Å². The molecule has 0 unspecified atom stereocenters. The SMILES string of the molecule is CC#CCC(CC#Cc1ccccc1C=O)(C(=O)OCC)C(=O)OCC. The second-order valence-electron chi connectivity index (χ2n) is 5.31. The molecule has 0 aliphatic carbocycles. The van der Waals surface area contributed by atoms with Gasteiger partial charge in [0.25, 0.3) is 0 Å². The Morgan fingerprint density at radius 1 is 1.04 bits per heavy atom. The van der Waals surface area contributed by atoms with Crippen LogP contribution in [0, 0.1) is 29.1 Å². The summed E-state index contributed by atoms with van der Waals surface area (Å²) in [5, 5.41) is 0. The summed E-state index contributed by atoms with van der Waals surface area (Å²) in [5.74, 6) is 9.70. The standard InChI is InChI=1S/C21H22O5/c1-4-7-14-21(19(23)25-5-2,20(24)26-6-3)15-10-13-17-11-8-9-12-18(17)16-22/h8-9,11-12,16H,5-6,14-15H2,1-3H3. The van der Waals surface area contributed by atoms with Crippen molar-refractivity contribution in [1.82, 2.24) is 0 Å². The largest absolute Gasteiger partial charge is 0.465 e. The molecule has 0 saturated heterocycles. The van der Waals surface area contributed by atoms with Crippen molar-refractivity contribution in [3.05, 3.63) is 35.4 Å². The molecule has 0 aromatic heterocycles. The molecule has 1 aromatic carbocycles. The van der Waals surface area contributed by atoms with E-state index in [1.165, 1.54) is 0 Å². The molecule has 0 amide bonds. The van der Waals surface area contributed by atoms with E-state index in [9.17, 15) is 14.4 Å². The minimum absolute atomic E-state index is 0.0504. The maximum absolute atomic E-state index is 12.5. The van der Waals surface area contributed by atoms with Crippen LogP contribution in [0.4, 0.5) is 0 Å². The summed E-state index contributed by atoms with van der Waals surface area (Å²) >= 11 is 0. The summed E-state index contributed by atoms with van der Waals surface area (Å²) in [4.78, 5) is 36.2. The summed E-state index contributed by atoms with van der Waals surface area (Å²) in [6, 6.07) is 6.82. The zero-order chi connectivity index (χ0) is 19.4. The lowest BCUT2D eigenvalue weighted by Gasteiger charge is -2.25. The maximum Gasteiger partial charge on any atom is 0.325 e. The first kappa shape index (κ1) is 21.0. The van der Waals surface area contributed by atoms with Gasteiger partial charge in [0.2, 0.25) is 0 Å². The first-order chi connectivity index (χ1) is 12.6. The molecule has 1 rings (SSSR count). The highest BCUT2D eigenvalue weighted by molar-refractivity contribution is 6.00. The molecule has 0 aliphatic rings. The zero-order valence-electron chi connectivity index (χ0n) is 15.3. The Balaban J connectivity index is 3.28. The van der Waals surface area contributed by atoms with E-state index in [0.29, 0.717) is 17.4 Å². The van der Waals surface area contributed by atoms with Crippen LogP contribution in [0.25, 0.3) is 0 Å². The molecule has 0 radical (unpaired) electrons. The topological polar surface area (TPSA) is 69.7 Å². The van der Waals surface area contributed by atoms with Crippen molar-refractivity contribution in [2.24, 2.45) is 5.41 Å². The van der Waals surface area contributed by atoms with Crippen molar-refractivity contribution in [2.75, 3.05) is 13.2 Å². The van der Waals surface area contributed by atoms with Crippen LogP contribution in [-0.4, -0.2) is 31.4 Å². The Morgan fingerprint density at radius 3 is 2.15 bits per heavy atom. The van der Waals surface area contributed by atoms with Gasteiger partial charge in [-0.25, -0.2) is 0 Å². The number of benzene rings is 1. The normalized spacial score (nSPS) is 9.81. The van der Waals surface area contributed by atoms with Crippen molar-refractivity contribution in [2.45, 2.75) is 33.6 Å². The fourth-order valence-electron chi connectivity index (χ4n) is 2.22. The van der Waals surface area contributed by atoms with Gasteiger partial charge in [0.15, 0.2) is 11.7 Å². The highest BCUT2D eigenvalue weighted by Gasteiger charge is 2.48. The van der Waals surface area contributed by atoms with Crippen molar-refractivity contribution < 1.29 is 23.9 Å². The van der Waals surface area contributed by atoms with Crippen molar-refractivity contribution >= 4 is 18.2 Å². The quantitative estimate of drug-likeness (QED) is 0.326. The van der Waals surface area contributed by atoms with Crippen molar-refractivity contribution in [3.63, 3.8) is 0 Å². The van der Waals surface area contributed by atoms with Crippen LogP contribution in [0.5, 0.6) is 0 Å². The molecule has 0 heterocycles. The number of aldehydes is 1. The van der Waals surface area contributed by atoms with Gasteiger partial charge in [-0.05, 0) is 26.8 Å². The van der Waals surface area contributed by atoms with Crippen LogP contribution in [0.15, 0.2) is 24.3 Å². The Labute approximate surface area is 154 Å². The van der Waals surface area contributed by atoms with Gasteiger partial charge in [-0.3, -0.25) is 14.4 Å². The Hall–Kier alpha value is -3.05. The molecule has 26 heavy (non-hydrogen) atoms. The highest BCUT2D eigenvalue weighted by Crippen LogP contribution is 2.30. The molecule has 0 aliphatic heterocycles. The first-order valence-electron chi connectivity index (χ1n) is 8.32. The van der Waals surface area contributed by atoms with E-state index >= 15 is 0 Å². The predicted octanol–water partition coefficient (Wildman–Crippen LogP) is 2.77. The summed E-state index contributed by atoms with van der Waals surface area (Å²) < 4.78 is 10.2. The molecule has 0 saturated carbocycles. The maximum atomic E-state index is 12.5. The Bertz CT molecular complexity index is 753. The van der Waals surface area contributed by atoms with E-state index < -0.39 is 17.4 Å². The molecular formula is C21H22O5. The number of carbonyl (C=O) groups excluding carboxylic acids is 3. The summed E-state index contributed by atoms with van der Waals surface area (Å²) in [5.41, 5.74) is -0.657. The average molecular weight is 354 g/mol. The molecule has 0 spiro atoms. The second kappa shape index (κ2) is 10.7. The van der Waals surface area contributed by atoms with Gasteiger partial charge in [-0.1, -0.05) is 30.0 Å².